The van der Waals surface area contributed by atoms with Crippen molar-refractivity contribution in [3.63, 3.8) is 0 Å². The summed E-state index contributed by atoms with van der Waals surface area (Å²) in [5.74, 6) is -2.29. The maximum atomic E-state index is 14.9. The summed E-state index contributed by atoms with van der Waals surface area (Å²) in [5.41, 5.74) is 2.21. The maximum Gasteiger partial charge on any atom is 0.201 e. The van der Waals surface area contributed by atoms with Crippen molar-refractivity contribution in [3.8, 4) is 28.0 Å². The lowest BCUT2D eigenvalue weighted by Gasteiger charge is -2.29. The van der Waals surface area contributed by atoms with Gasteiger partial charge in [0.25, 0.3) is 0 Å². The first-order valence-electron chi connectivity index (χ1n) is 10.8. The van der Waals surface area contributed by atoms with E-state index in [9.17, 15) is 13.2 Å². The highest BCUT2D eigenvalue weighted by molar-refractivity contribution is 5.71. The van der Waals surface area contributed by atoms with Gasteiger partial charge in [0.15, 0.2) is 17.9 Å². The molecule has 0 aromatic heterocycles. The fourth-order valence-electron chi connectivity index (χ4n) is 3.91. The molecule has 0 atom stereocenters. The van der Waals surface area contributed by atoms with Crippen molar-refractivity contribution in [3.05, 3.63) is 90.3 Å². The predicted octanol–water partition coefficient (Wildman–Crippen LogP) is 7.07. The number of hydrogen-bond donors (Lipinski definition) is 0. The van der Waals surface area contributed by atoms with Crippen LogP contribution in [0, 0.1) is 23.4 Å². The van der Waals surface area contributed by atoms with Crippen LogP contribution in [0.15, 0.2) is 67.3 Å². The summed E-state index contributed by atoms with van der Waals surface area (Å²) < 4.78 is 59.7. The lowest BCUT2D eigenvalue weighted by molar-refractivity contribution is -0.205. The second-order valence-corrected chi connectivity index (χ2v) is 7.99. The number of halogens is 3. The molecule has 0 bridgehead atoms. The number of benzene rings is 3. The van der Waals surface area contributed by atoms with Crippen molar-refractivity contribution in [1.82, 2.24) is 0 Å². The highest BCUT2D eigenvalue weighted by Crippen LogP contribution is 2.33. The van der Waals surface area contributed by atoms with Crippen LogP contribution in [0.1, 0.15) is 24.7 Å². The molecule has 0 N–H and O–H groups in total. The van der Waals surface area contributed by atoms with E-state index in [0.717, 1.165) is 12.8 Å². The maximum absolute atomic E-state index is 14.9. The van der Waals surface area contributed by atoms with Crippen molar-refractivity contribution in [2.75, 3.05) is 20.3 Å². The molecule has 1 aliphatic heterocycles. The number of methoxy groups -OCH3 is 1. The molecule has 0 aliphatic carbocycles. The van der Waals surface area contributed by atoms with Crippen LogP contribution in [-0.2, 0) is 9.47 Å². The second kappa shape index (κ2) is 10.2. The fraction of sp³-hybridized carbons (Fsp3) is 0.259. The molecule has 0 spiro atoms. The van der Waals surface area contributed by atoms with Gasteiger partial charge in [0.05, 0.1) is 20.3 Å². The summed E-state index contributed by atoms with van der Waals surface area (Å²) in [5, 5.41) is 0. The number of allylic oxidation sites excluding steroid dienone is 1. The average Bonchev–Trinajstić information content (AvgIpc) is 2.85. The summed E-state index contributed by atoms with van der Waals surface area (Å²) in [6.07, 6.45) is 3.14. The van der Waals surface area contributed by atoms with E-state index in [1.54, 1.807) is 36.4 Å². The smallest absolute Gasteiger partial charge is 0.201 e. The Morgan fingerprint density at radius 2 is 1.55 bits per heavy atom. The first-order valence-corrected chi connectivity index (χ1v) is 10.8. The van der Waals surface area contributed by atoms with Gasteiger partial charge in [-0.05, 0) is 42.2 Å². The Kier molecular flexibility index (Phi) is 7.16. The van der Waals surface area contributed by atoms with Gasteiger partial charge < -0.3 is 14.2 Å². The van der Waals surface area contributed by atoms with Gasteiger partial charge in [-0.2, -0.15) is 4.39 Å². The Balaban J connectivity index is 1.49. The molecule has 33 heavy (non-hydrogen) atoms. The van der Waals surface area contributed by atoms with Gasteiger partial charge in [0.2, 0.25) is 5.82 Å². The lowest BCUT2D eigenvalue weighted by Crippen LogP contribution is -2.27. The standard InChI is InChI=1S/C27H25F3O3/c1-3-4-5-17-15-32-27(33-16-17)20-10-11-21(23(28)14-20)18-6-8-19(9-7-18)22-12-13-24(31-2)26(30)25(22)29/h3,6-14,17,27H,1,4-5,15-16H2,2H3. The van der Waals surface area contributed by atoms with Crippen LogP contribution in [0.2, 0.25) is 0 Å². The molecule has 1 fully saturated rings. The van der Waals surface area contributed by atoms with Crippen LogP contribution in [0.3, 0.4) is 0 Å². The van der Waals surface area contributed by atoms with Crippen molar-refractivity contribution in [2.24, 2.45) is 5.92 Å². The summed E-state index contributed by atoms with van der Waals surface area (Å²) in [6, 6.07) is 14.3. The molecule has 1 aliphatic rings. The van der Waals surface area contributed by atoms with Crippen LogP contribution in [0.5, 0.6) is 5.75 Å². The number of ether oxygens (including phenoxy) is 3. The Morgan fingerprint density at radius 3 is 2.15 bits per heavy atom. The van der Waals surface area contributed by atoms with E-state index in [-0.39, 0.29) is 11.3 Å². The highest BCUT2D eigenvalue weighted by Gasteiger charge is 2.24. The van der Waals surface area contributed by atoms with Crippen LogP contribution >= 0.6 is 0 Å². The van der Waals surface area contributed by atoms with Crippen molar-refractivity contribution in [1.29, 1.82) is 0 Å². The molecule has 0 amide bonds. The van der Waals surface area contributed by atoms with Crippen molar-refractivity contribution in [2.45, 2.75) is 19.1 Å². The van der Waals surface area contributed by atoms with Crippen LogP contribution in [-0.4, -0.2) is 20.3 Å². The quantitative estimate of drug-likeness (QED) is 0.357. The minimum Gasteiger partial charge on any atom is -0.494 e. The van der Waals surface area contributed by atoms with E-state index in [2.05, 4.69) is 6.58 Å². The summed E-state index contributed by atoms with van der Waals surface area (Å²) in [6.45, 7) is 4.85. The van der Waals surface area contributed by atoms with E-state index >= 15 is 0 Å². The molecule has 0 unspecified atom stereocenters. The molecule has 6 heteroatoms. The van der Waals surface area contributed by atoms with Gasteiger partial charge in [0.1, 0.15) is 5.82 Å². The van der Waals surface area contributed by atoms with E-state index < -0.39 is 23.7 Å². The first-order chi connectivity index (χ1) is 16.0. The highest BCUT2D eigenvalue weighted by atomic mass is 19.2. The van der Waals surface area contributed by atoms with Crippen molar-refractivity contribution >= 4 is 0 Å². The summed E-state index contributed by atoms with van der Waals surface area (Å²) >= 11 is 0. The van der Waals surface area contributed by atoms with Gasteiger partial charge in [-0.25, -0.2) is 8.78 Å². The molecular weight excluding hydrogens is 429 g/mol. The summed E-state index contributed by atoms with van der Waals surface area (Å²) in [4.78, 5) is 0. The molecule has 0 saturated carbocycles. The van der Waals surface area contributed by atoms with E-state index in [1.807, 2.05) is 6.08 Å². The fourth-order valence-corrected chi connectivity index (χ4v) is 3.91. The average molecular weight is 454 g/mol. The van der Waals surface area contributed by atoms with Gasteiger partial charge in [-0.15, -0.1) is 6.58 Å². The van der Waals surface area contributed by atoms with E-state index in [0.29, 0.717) is 41.4 Å². The zero-order valence-corrected chi connectivity index (χ0v) is 18.3. The predicted molar refractivity (Wildman–Crippen MR) is 121 cm³/mol. The number of hydrogen-bond acceptors (Lipinski definition) is 3. The van der Waals surface area contributed by atoms with E-state index in [1.165, 1.54) is 25.3 Å². The lowest BCUT2D eigenvalue weighted by atomic mass is 9.98. The van der Waals surface area contributed by atoms with Gasteiger partial charge >= 0.3 is 0 Å². The largest absolute Gasteiger partial charge is 0.494 e. The molecule has 1 heterocycles. The zero-order valence-electron chi connectivity index (χ0n) is 18.3. The monoisotopic (exact) mass is 454 g/mol. The topological polar surface area (TPSA) is 27.7 Å². The SMILES string of the molecule is C=CCCC1COC(c2ccc(-c3ccc(-c4ccc(OC)c(F)c4F)cc3)c(F)c2)OC1. The second-order valence-electron chi connectivity index (χ2n) is 7.99. The Bertz CT molecular complexity index is 1120. The zero-order chi connectivity index (χ0) is 23.4. The van der Waals surface area contributed by atoms with Gasteiger partial charge in [-0.3, -0.25) is 0 Å². The number of rotatable bonds is 7. The minimum atomic E-state index is -1.04. The third kappa shape index (κ3) is 4.97. The third-order valence-corrected chi connectivity index (χ3v) is 5.78. The Morgan fingerprint density at radius 1 is 0.909 bits per heavy atom. The molecule has 3 aromatic carbocycles. The normalized spacial score (nSPS) is 18.2. The van der Waals surface area contributed by atoms with Crippen LogP contribution in [0.25, 0.3) is 22.3 Å². The van der Waals surface area contributed by atoms with Gasteiger partial charge in [-0.1, -0.05) is 42.5 Å². The Labute approximate surface area is 191 Å². The molecule has 0 radical (unpaired) electrons. The van der Waals surface area contributed by atoms with Gasteiger partial charge in [0, 0.05) is 22.6 Å². The van der Waals surface area contributed by atoms with E-state index in [4.69, 9.17) is 14.2 Å². The van der Waals surface area contributed by atoms with Crippen LogP contribution in [0.4, 0.5) is 13.2 Å². The molecule has 1 saturated heterocycles. The molecule has 3 aromatic rings. The minimum absolute atomic E-state index is 0.105. The van der Waals surface area contributed by atoms with Crippen LogP contribution < -0.4 is 4.74 Å². The van der Waals surface area contributed by atoms with Crippen molar-refractivity contribution < 1.29 is 27.4 Å². The molecule has 172 valence electrons. The third-order valence-electron chi connectivity index (χ3n) is 5.78. The molecule has 3 nitrogen and oxygen atoms in total. The first kappa shape index (κ1) is 23.1. The molecular formula is C27H25F3O3. The molecule has 4 rings (SSSR count). The summed E-state index contributed by atoms with van der Waals surface area (Å²) in [7, 11) is 1.28. The Hall–Kier alpha value is -3.09.